The summed E-state index contributed by atoms with van der Waals surface area (Å²) in [5, 5.41) is 1.16. The van der Waals surface area contributed by atoms with Crippen molar-refractivity contribution in [2.75, 3.05) is 13.7 Å². The third kappa shape index (κ3) is 3.51. The van der Waals surface area contributed by atoms with Gasteiger partial charge in [0, 0.05) is 7.05 Å². The molecular formula is C10H17NO4. The number of hydrogen-bond acceptors (Lipinski definition) is 4. The van der Waals surface area contributed by atoms with Gasteiger partial charge < -0.3 is 4.74 Å². The summed E-state index contributed by atoms with van der Waals surface area (Å²) in [6.07, 6.45) is 0.0838. The highest BCUT2D eigenvalue weighted by atomic mass is 16.7. The lowest BCUT2D eigenvalue weighted by Gasteiger charge is -2.20. The van der Waals surface area contributed by atoms with Crippen molar-refractivity contribution in [2.45, 2.75) is 32.8 Å². The van der Waals surface area contributed by atoms with E-state index in [1.54, 1.807) is 20.8 Å². The molecule has 0 bridgehead atoms. The molecule has 1 saturated heterocycles. The second kappa shape index (κ2) is 4.18. The summed E-state index contributed by atoms with van der Waals surface area (Å²) in [5.74, 6) is -0.926. The van der Waals surface area contributed by atoms with Gasteiger partial charge in [-0.3, -0.25) is 14.4 Å². The normalized spacial score (nSPS) is 22.0. The Morgan fingerprint density at radius 1 is 1.60 bits per heavy atom. The standard InChI is InChI=1S/C10H17NO4/c1-10(2,3)15-8(12)5-7-6-14-11(4)9(7)13/h7H,5-6H2,1-4H3. The van der Waals surface area contributed by atoms with Crippen LogP contribution < -0.4 is 0 Å². The molecule has 1 unspecified atom stereocenters. The van der Waals surface area contributed by atoms with Gasteiger partial charge in [-0.15, -0.1) is 0 Å². The number of carbonyl (C=O) groups excluding carboxylic acids is 2. The van der Waals surface area contributed by atoms with Gasteiger partial charge >= 0.3 is 5.97 Å². The summed E-state index contributed by atoms with van der Waals surface area (Å²) in [7, 11) is 1.54. The summed E-state index contributed by atoms with van der Waals surface area (Å²) in [6, 6.07) is 0. The molecule has 5 nitrogen and oxygen atoms in total. The molecule has 1 atom stereocenters. The fourth-order valence-electron chi connectivity index (χ4n) is 1.32. The van der Waals surface area contributed by atoms with Gasteiger partial charge in [0.1, 0.15) is 5.60 Å². The Bertz CT molecular complexity index is 269. The van der Waals surface area contributed by atoms with E-state index in [0.717, 1.165) is 5.06 Å². The molecule has 1 heterocycles. The van der Waals surface area contributed by atoms with Crippen LogP contribution >= 0.6 is 0 Å². The van der Waals surface area contributed by atoms with Gasteiger partial charge in [-0.25, -0.2) is 5.06 Å². The third-order valence-corrected chi connectivity index (χ3v) is 1.96. The Hall–Kier alpha value is -1.10. The van der Waals surface area contributed by atoms with Crippen LogP contribution in [0, 0.1) is 5.92 Å². The molecule has 1 aliphatic heterocycles. The Kier molecular flexibility index (Phi) is 3.34. The van der Waals surface area contributed by atoms with Crippen LogP contribution in [0.15, 0.2) is 0 Å². The van der Waals surface area contributed by atoms with Crippen molar-refractivity contribution in [1.29, 1.82) is 0 Å². The summed E-state index contributed by atoms with van der Waals surface area (Å²) in [5.41, 5.74) is -0.508. The molecule has 0 aromatic carbocycles. The maximum Gasteiger partial charge on any atom is 0.307 e. The van der Waals surface area contributed by atoms with Crippen LogP contribution in [0.5, 0.6) is 0 Å². The fraction of sp³-hybridized carbons (Fsp3) is 0.800. The van der Waals surface area contributed by atoms with Gasteiger partial charge in [-0.1, -0.05) is 0 Å². The van der Waals surface area contributed by atoms with Gasteiger partial charge in [0.15, 0.2) is 0 Å². The number of hydrogen-bond donors (Lipinski definition) is 0. The lowest BCUT2D eigenvalue weighted by Crippen LogP contribution is -2.28. The molecular weight excluding hydrogens is 198 g/mol. The number of nitrogens with zero attached hydrogens (tertiary/aromatic N) is 1. The lowest BCUT2D eigenvalue weighted by molar-refractivity contribution is -0.158. The number of rotatable bonds is 2. The molecule has 1 rings (SSSR count). The van der Waals surface area contributed by atoms with Gasteiger partial charge in [0.2, 0.25) is 0 Å². The highest BCUT2D eigenvalue weighted by molar-refractivity contribution is 5.84. The topological polar surface area (TPSA) is 55.8 Å². The van der Waals surface area contributed by atoms with Crippen molar-refractivity contribution < 1.29 is 19.2 Å². The summed E-state index contributed by atoms with van der Waals surface area (Å²) < 4.78 is 5.12. The maximum absolute atomic E-state index is 11.4. The van der Waals surface area contributed by atoms with Crippen molar-refractivity contribution in [3.8, 4) is 0 Å². The van der Waals surface area contributed by atoms with E-state index in [1.807, 2.05) is 0 Å². The number of esters is 1. The monoisotopic (exact) mass is 215 g/mol. The number of hydroxylamine groups is 2. The smallest absolute Gasteiger partial charge is 0.307 e. The Morgan fingerprint density at radius 3 is 2.60 bits per heavy atom. The number of ether oxygens (including phenoxy) is 1. The zero-order chi connectivity index (χ0) is 11.6. The van der Waals surface area contributed by atoms with Crippen molar-refractivity contribution >= 4 is 11.9 Å². The maximum atomic E-state index is 11.4. The molecule has 0 spiro atoms. The average molecular weight is 215 g/mol. The Balaban J connectivity index is 2.43. The molecule has 15 heavy (non-hydrogen) atoms. The Labute approximate surface area is 89.3 Å². The predicted octanol–water partition coefficient (Wildman–Crippen LogP) is 0.738. The molecule has 0 aromatic heterocycles. The zero-order valence-corrected chi connectivity index (χ0v) is 9.57. The molecule has 1 amide bonds. The quantitative estimate of drug-likeness (QED) is 0.637. The minimum Gasteiger partial charge on any atom is -0.460 e. The third-order valence-electron chi connectivity index (χ3n) is 1.96. The average Bonchev–Trinajstić information content (AvgIpc) is 2.32. The van der Waals surface area contributed by atoms with Crippen molar-refractivity contribution in [1.82, 2.24) is 5.06 Å². The van der Waals surface area contributed by atoms with Gasteiger partial charge in [-0.05, 0) is 20.8 Å². The van der Waals surface area contributed by atoms with Crippen molar-refractivity contribution in [3.63, 3.8) is 0 Å². The van der Waals surface area contributed by atoms with E-state index in [2.05, 4.69) is 0 Å². The van der Waals surface area contributed by atoms with Crippen LogP contribution in [-0.4, -0.2) is 36.2 Å². The molecule has 1 aliphatic rings. The SMILES string of the molecule is CN1OCC(CC(=O)OC(C)(C)C)C1=O. The second-order valence-corrected chi connectivity index (χ2v) is 4.62. The first-order valence-corrected chi connectivity index (χ1v) is 4.92. The van der Waals surface area contributed by atoms with E-state index in [4.69, 9.17) is 9.57 Å². The van der Waals surface area contributed by atoms with Gasteiger partial charge in [0.25, 0.3) is 5.91 Å². The van der Waals surface area contributed by atoms with E-state index in [1.165, 1.54) is 7.05 Å². The van der Waals surface area contributed by atoms with E-state index < -0.39 is 11.5 Å². The largest absolute Gasteiger partial charge is 0.460 e. The molecule has 0 aromatic rings. The van der Waals surface area contributed by atoms with Crippen LogP contribution in [0.3, 0.4) is 0 Å². The van der Waals surface area contributed by atoms with Crippen LogP contribution in [0.4, 0.5) is 0 Å². The van der Waals surface area contributed by atoms with E-state index in [-0.39, 0.29) is 24.9 Å². The predicted molar refractivity (Wildman–Crippen MR) is 52.7 cm³/mol. The lowest BCUT2D eigenvalue weighted by atomic mass is 10.1. The van der Waals surface area contributed by atoms with Crippen LogP contribution in [0.1, 0.15) is 27.2 Å². The van der Waals surface area contributed by atoms with Crippen molar-refractivity contribution in [3.05, 3.63) is 0 Å². The van der Waals surface area contributed by atoms with Crippen LogP contribution in [0.2, 0.25) is 0 Å². The minimum atomic E-state index is -0.508. The highest BCUT2D eigenvalue weighted by Gasteiger charge is 2.33. The van der Waals surface area contributed by atoms with Crippen LogP contribution in [-0.2, 0) is 19.2 Å². The molecule has 0 N–H and O–H groups in total. The van der Waals surface area contributed by atoms with E-state index >= 15 is 0 Å². The fourth-order valence-corrected chi connectivity index (χ4v) is 1.32. The molecule has 0 saturated carbocycles. The zero-order valence-electron chi connectivity index (χ0n) is 9.57. The van der Waals surface area contributed by atoms with E-state index in [9.17, 15) is 9.59 Å². The number of amides is 1. The first kappa shape index (κ1) is 12.0. The summed E-state index contributed by atoms with van der Waals surface area (Å²) >= 11 is 0. The molecule has 5 heteroatoms. The van der Waals surface area contributed by atoms with Crippen LogP contribution in [0.25, 0.3) is 0 Å². The summed E-state index contributed by atoms with van der Waals surface area (Å²) in [4.78, 5) is 27.8. The molecule has 0 radical (unpaired) electrons. The van der Waals surface area contributed by atoms with E-state index in [0.29, 0.717) is 0 Å². The van der Waals surface area contributed by atoms with Gasteiger partial charge in [0.05, 0.1) is 18.9 Å². The Morgan fingerprint density at radius 2 is 2.20 bits per heavy atom. The first-order chi connectivity index (χ1) is 6.79. The minimum absolute atomic E-state index is 0.0838. The second-order valence-electron chi connectivity index (χ2n) is 4.62. The highest BCUT2D eigenvalue weighted by Crippen LogP contribution is 2.18. The van der Waals surface area contributed by atoms with Gasteiger partial charge in [-0.2, -0.15) is 0 Å². The summed E-state index contributed by atoms with van der Waals surface area (Å²) in [6.45, 7) is 5.65. The first-order valence-electron chi connectivity index (χ1n) is 4.92. The number of carbonyl (C=O) groups is 2. The van der Waals surface area contributed by atoms with Crippen molar-refractivity contribution in [2.24, 2.45) is 5.92 Å². The molecule has 86 valence electrons. The molecule has 0 aliphatic carbocycles. The molecule has 1 fully saturated rings.